The van der Waals surface area contributed by atoms with Crippen molar-refractivity contribution in [3.63, 3.8) is 0 Å². The Kier molecular flexibility index (Phi) is 5.42. The van der Waals surface area contributed by atoms with Crippen LogP contribution in [-0.4, -0.2) is 15.7 Å². The molecule has 0 spiro atoms. The lowest BCUT2D eigenvalue weighted by atomic mass is 10.1. The fourth-order valence-electron chi connectivity index (χ4n) is 3.64. The van der Waals surface area contributed by atoms with Crippen LogP contribution in [0.2, 0.25) is 0 Å². The maximum absolute atomic E-state index is 6.38. The van der Waals surface area contributed by atoms with Crippen molar-refractivity contribution in [2.45, 2.75) is 60.5 Å². The molecule has 1 aromatic rings. The van der Waals surface area contributed by atoms with Crippen LogP contribution in [-0.2, 0) is 0 Å². The van der Waals surface area contributed by atoms with E-state index in [1.807, 2.05) is 6.92 Å². The van der Waals surface area contributed by atoms with E-state index in [0.29, 0.717) is 0 Å². The zero-order valence-electron chi connectivity index (χ0n) is 16.5. The minimum absolute atomic E-state index is 0.235. The van der Waals surface area contributed by atoms with Gasteiger partial charge in [-0.05, 0) is 69.9 Å². The van der Waals surface area contributed by atoms with Gasteiger partial charge in [-0.3, -0.25) is 0 Å². The molecule has 2 heterocycles. The van der Waals surface area contributed by atoms with E-state index in [0.717, 1.165) is 45.7 Å². The first-order valence-electron chi connectivity index (χ1n) is 9.28. The summed E-state index contributed by atoms with van der Waals surface area (Å²) in [6.07, 6.45) is 4.41. The highest BCUT2D eigenvalue weighted by Gasteiger charge is 2.23. The quantitative estimate of drug-likeness (QED) is 0.473. The molecule has 0 aromatic heterocycles. The Morgan fingerprint density at radius 3 is 2.19 bits per heavy atom. The smallest absolute Gasteiger partial charge is 0.148 e. The van der Waals surface area contributed by atoms with Gasteiger partial charge in [0.1, 0.15) is 11.6 Å². The number of ether oxygens (including phenoxy) is 1. The first-order chi connectivity index (χ1) is 12.3. The number of halogens is 1. The molecule has 0 saturated heterocycles. The lowest BCUT2D eigenvalue weighted by molar-refractivity contribution is 0.192. The molecule has 0 unspecified atom stereocenters. The molecule has 0 N–H and O–H groups in total. The molecule has 2 aliphatic heterocycles. The first-order valence-corrected chi connectivity index (χ1v) is 10.1. The second-order valence-electron chi connectivity index (χ2n) is 7.09. The van der Waals surface area contributed by atoms with Crippen LogP contribution in [0.3, 0.4) is 0 Å². The Morgan fingerprint density at radius 1 is 1.00 bits per heavy atom. The van der Waals surface area contributed by atoms with Gasteiger partial charge in [0.05, 0.1) is 17.4 Å². The van der Waals surface area contributed by atoms with Gasteiger partial charge in [-0.15, -0.1) is 0 Å². The summed E-state index contributed by atoms with van der Waals surface area (Å²) in [5.41, 5.74) is 6.87. The maximum atomic E-state index is 6.38. The van der Waals surface area contributed by atoms with Crippen molar-refractivity contribution in [2.75, 3.05) is 0 Å². The van der Waals surface area contributed by atoms with Crippen LogP contribution in [0.15, 0.2) is 28.9 Å². The van der Waals surface area contributed by atoms with E-state index in [1.165, 1.54) is 16.8 Å². The van der Waals surface area contributed by atoms with E-state index >= 15 is 0 Å². The van der Waals surface area contributed by atoms with Gasteiger partial charge < -0.3 is 9.30 Å². The van der Waals surface area contributed by atoms with Gasteiger partial charge in [0, 0.05) is 21.9 Å². The molecule has 0 fully saturated rings. The number of nitrogens with zero attached hydrogens (tertiary/aromatic N) is 2. The Balaban J connectivity index is 2.24. The summed E-state index contributed by atoms with van der Waals surface area (Å²) in [4.78, 5) is 4.83. The van der Waals surface area contributed by atoms with Gasteiger partial charge in [-0.2, -0.15) is 0 Å². The molecular weight excluding hydrogens is 388 g/mol. The lowest BCUT2D eigenvalue weighted by Gasteiger charge is -2.24. The average molecular weight is 415 g/mol. The third-order valence-corrected chi connectivity index (χ3v) is 5.38. The molecule has 0 aliphatic carbocycles. The predicted molar refractivity (Wildman–Crippen MR) is 112 cm³/mol. The summed E-state index contributed by atoms with van der Waals surface area (Å²) < 4.78 is 9.70. The van der Waals surface area contributed by atoms with E-state index in [-0.39, 0.29) is 6.10 Å². The van der Waals surface area contributed by atoms with Crippen LogP contribution < -0.4 is 4.74 Å². The summed E-state index contributed by atoms with van der Waals surface area (Å²) in [5.74, 6) is 1.93. The normalized spacial score (nSPS) is 11.5. The van der Waals surface area contributed by atoms with Gasteiger partial charge in [0.15, 0.2) is 0 Å². The zero-order valence-corrected chi connectivity index (χ0v) is 18.1. The number of benzene rings is 1. The van der Waals surface area contributed by atoms with Crippen LogP contribution in [0.5, 0.6) is 5.75 Å². The lowest BCUT2D eigenvalue weighted by Crippen LogP contribution is -2.16. The number of aryl methyl sites for hydroxylation is 4. The number of rotatable bonds is 5. The molecular formula is C22H27BrN2O. The minimum Gasteiger partial charge on any atom is -0.489 e. The van der Waals surface area contributed by atoms with Crippen molar-refractivity contribution in [2.24, 2.45) is 0 Å². The van der Waals surface area contributed by atoms with Crippen LogP contribution in [0.1, 0.15) is 49.1 Å². The van der Waals surface area contributed by atoms with E-state index in [2.05, 4.69) is 79.5 Å². The molecule has 0 amide bonds. The third-order valence-electron chi connectivity index (χ3n) is 4.92. The Morgan fingerprint density at radius 2 is 1.62 bits per heavy atom. The standard InChI is InChI=1S/C22H27BrN2O/c1-7-18(8-2)26-21-15(5)12-25(22-19(21)11-16(6)24-22)20-13(3)9-17(23)10-14(20)4/h9-12,18H,7-8H2,1-6H3. The highest BCUT2D eigenvalue weighted by molar-refractivity contribution is 9.10. The summed E-state index contributed by atoms with van der Waals surface area (Å²) in [7, 11) is 0. The molecule has 138 valence electrons. The van der Waals surface area contributed by atoms with Crippen LogP contribution >= 0.6 is 15.9 Å². The van der Waals surface area contributed by atoms with Gasteiger partial charge in [0.25, 0.3) is 0 Å². The summed E-state index contributed by atoms with van der Waals surface area (Å²) in [6.45, 7) is 12.8. The molecule has 26 heavy (non-hydrogen) atoms. The second-order valence-corrected chi connectivity index (χ2v) is 8.01. The van der Waals surface area contributed by atoms with Crippen molar-refractivity contribution >= 4 is 15.9 Å². The third kappa shape index (κ3) is 3.39. The van der Waals surface area contributed by atoms with Gasteiger partial charge in [-0.1, -0.05) is 29.8 Å². The van der Waals surface area contributed by atoms with E-state index < -0.39 is 0 Å². The number of aromatic nitrogens is 2. The van der Waals surface area contributed by atoms with E-state index in [9.17, 15) is 0 Å². The number of hydrogen-bond acceptors (Lipinski definition) is 2. The number of fused-ring (bicyclic) bond motifs is 1. The second kappa shape index (κ2) is 7.43. The van der Waals surface area contributed by atoms with Gasteiger partial charge in [-0.25, -0.2) is 4.98 Å². The highest BCUT2D eigenvalue weighted by Crippen LogP contribution is 2.39. The van der Waals surface area contributed by atoms with Crippen LogP contribution in [0, 0.1) is 27.7 Å². The predicted octanol–water partition coefficient (Wildman–Crippen LogP) is 6.54. The van der Waals surface area contributed by atoms with Crippen molar-refractivity contribution in [3.8, 4) is 22.8 Å². The number of hydrogen-bond donors (Lipinski definition) is 0. The molecule has 3 nitrogen and oxygen atoms in total. The highest BCUT2D eigenvalue weighted by atomic mass is 79.9. The molecule has 4 heteroatoms. The fraction of sp³-hybridized carbons (Fsp3) is 0.409. The Bertz CT molecular complexity index is 886. The molecule has 0 bridgehead atoms. The van der Waals surface area contributed by atoms with Gasteiger partial charge >= 0.3 is 0 Å². The first kappa shape index (κ1) is 19.0. The topological polar surface area (TPSA) is 27.1 Å². The summed E-state index contributed by atoms with van der Waals surface area (Å²) in [5, 5.41) is 0. The fourth-order valence-corrected chi connectivity index (χ4v) is 4.33. The van der Waals surface area contributed by atoms with Crippen molar-refractivity contribution in [1.82, 2.24) is 9.55 Å². The molecule has 1 aromatic carbocycles. The molecule has 0 radical (unpaired) electrons. The molecule has 3 rings (SSSR count). The minimum atomic E-state index is 0.235. The van der Waals surface area contributed by atoms with Crippen LogP contribution in [0.4, 0.5) is 0 Å². The molecule has 2 aliphatic rings. The largest absolute Gasteiger partial charge is 0.489 e. The average Bonchev–Trinajstić information content (AvgIpc) is 2.95. The van der Waals surface area contributed by atoms with E-state index in [4.69, 9.17) is 9.72 Å². The number of pyridine rings is 1. The van der Waals surface area contributed by atoms with Crippen LogP contribution in [0.25, 0.3) is 17.1 Å². The Labute approximate surface area is 164 Å². The molecule has 0 saturated carbocycles. The SMILES string of the molecule is CCC(CC)Oc1c(C)cn(-c2c(C)cc(Br)cc2C)c2nc(C)cc1-2. The van der Waals surface area contributed by atoms with Crippen molar-refractivity contribution < 1.29 is 4.74 Å². The Hall–Kier alpha value is -1.81. The maximum Gasteiger partial charge on any atom is 0.148 e. The van der Waals surface area contributed by atoms with E-state index in [1.54, 1.807) is 0 Å². The van der Waals surface area contributed by atoms with Crippen molar-refractivity contribution in [1.29, 1.82) is 0 Å². The van der Waals surface area contributed by atoms with Crippen molar-refractivity contribution in [3.05, 3.63) is 51.3 Å². The zero-order chi connectivity index (χ0) is 19.0. The monoisotopic (exact) mass is 414 g/mol. The molecule has 0 atom stereocenters. The summed E-state index contributed by atoms with van der Waals surface area (Å²) >= 11 is 3.60. The summed E-state index contributed by atoms with van der Waals surface area (Å²) in [6, 6.07) is 6.45. The van der Waals surface area contributed by atoms with Gasteiger partial charge in [0.2, 0.25) is 0 Å².